The molecule has 0 aliphatic heterocycles. The van der Waals surface area contributed by atoms with Crippen LogP contribution in [0.25, 0.3) is 0 Å². The van der Waals surface area contributed by atoms with Gasteiger partial charge in [-0.25, -0.2) is 4.39 Å². The van der Waals surface area contributed by atoms with Gasteiger partial charge in [-0.15, -0.1) is 12.4 Å². The van der Waals surface area contributed by atoms with Crippen LogP contribution in [0.4, 0.5) is 4.39 Å². The predicted octanol–water partition coefficient (Wildman–Crippen LogP) is 3.41. The number of carbonyl (C=O) groups is 1. The van der Waals surface area contributed by atoms with Crippen LogP contribution in [0.15, 0.2) is 22.7 Å². The Labute approximate surface area is 145 Å². The zero-order valence-corrected chi connectivity index (χ0v) is 15.4. The molecule has 0 aliphatic carbocycles. The monoisotopic (exact) mass is 396 g/mol. The van der Waals surface area contributed by atoms with Gasteiger partial charge < -0.3 is 15.8 Å². The van der Waals surface area contributed by atoms with Gasteiger partial charge in [-0.2, -0.15) is 0 Å². The van der Waals surface area contributed by atoms with Crippen LogP contribution < -0.4 is 15.8 Å². The Balaban J connectivity index is 0.00000441. The molecule has 4 nitrogen and oxygen atoms in total. The Morgan fingerprint density at radius 3 is 2.50 bits per heavy atom. The fraction of sp³-hybridized carbons (Fsp3) is 0.533. The minimum atomic E-state index is -0.698. The second-order valence-corrected chi connectivity index (χ2v) is 5.87. The van der Waals surface area contributed by atoms with Gasteiger partial charge in [-0.05, 0) is 53.9 Å². The van der Waals surface area contributed by atoms with Crippen LogP contribution in [0, 0.1) is 5.82 Å². The Morgan fingerprint density at radius 1 is 1.45 bits per heavy atom. The van der Waals surface area contributed by atoms with Crippen molar-refractivity contribution in [2.75, 3.05) is 6.54 Å². The third-order valence-electron chi connectivity index (χ3n) is 3.70. The number of nitrogens with one attached hydrogen (secondary N) is 1. The van der Waals surface area contributed by atoms with E-state index in [4.69, 9.17) is 10.5 Å². The van der Waals surface area contributed by atoms with E-state index in [0.29, 0.717) is 16.8 Å². The smallest absolute Gasteiger partial charge is 0.261 e. The summed E-state index contributed by atoms with van der Waals surface area (Å²) < 4.78 is 19.1. The minimum absolute atomic E-state index is 0. The van der Waals surface area contributed by atoms with E-state index in [9.17, 15) is 9.18 Å². The highest BCUT2D eigenvalue weighted by Gasteiger charge is 2.29. The molecule has 0 fully saturated rings. The first kappa shape index (κ1) is 21.1. The van der Waals surface area contributed by atoms with Gasteiger partial charge in [-0.1, -0.05) is 13.8 Å². The van der Waals surface area contributed by atoms with Crippen molar-refractivity contribution in [1.82, 2.24) is 5.32 Å². The number of hydrogen-bond donors (Lipinski definition) is 2. The minimum Gasteiger partial charge on any atom is -0.480 e. The van der Waals surface area contributed by atoms with Gasteiger partial charge in [0.2, 0.25) is 0 Å². The first-order chi connectivity index (χ1) is 9.87. The van der Waals surface area contributed by atoms with Crippen LogP contribution in [0.5, 0.6) is 5.75 Å². The number of ether oxygens (including phenoxy) is 1. The highest BCUT2D eigenvalue weighted by molar-refractivity contribution is 9.10. The highest BCUT2D eigenvalue weighted by atomic mass is 79.9. The Hall–Kier alpha value is -0.850. The van der Waals surface area contributed by atoms with Crippen molar-refractivity contribution in [2.45, 2.75) is 45.3 Å². The summed E-state index contributed by atoms with van der Waals surface area (Å²) in [5.41, 5.74) is 5.36. The first-order valence-corrected chi connectivity index (χ1v) is 7.80. The Bertz CT molecular complexity index is 490. The molecular weight excluding hydrogens is 375 g/mol. The molecule has 3 N–H and O–H groups in total. The van der Waals surface area contributed by atoms with Gasteiger partial charge in [0.1, 0.15) is 11.6 Å². The molecular formula is C15H23BrClFN2O2. The molecule has 126 valence electrons. The van der Waals surface area contributed by atoms with Crippen molar-refractivity contribution in [3.05, 3.63) is 28.5 Å². The van der Waals surface area contributed by atoms with Crippen molar-refractivity contribution in [1.29, 1.82) is 0 Å². The standard InChI is InChI=1S/C15H22BrFN2O2.ClH/c1-4-15(5-2,9-18)19-14(20)10(3)21-13-7-6-11(17)8-12(13)16;/h6-8,10H,4-5,9,18H2,1-3H3,(H,19,20);1H. The van der Waals surface area contributed by atoms with Crippen LogP contribution in [-0.4, -0.2) is 24.1 Å². The van der Waals surface area contributed by atoms with Crippen LogP contribution in [-0.2, 0) is 4.79 Å². The largest absolute Gasteiger partial charge is 0.480 e. The van der Waals surface area contributed by atoms with Gasteiger partial charge in [0.25, 0.3) is 5.91 Å². The quantitative estimate of drug-likeness (QED) is 0.741. The average molecular weight is 398 g/mol. The summed E-state index contributed by atoms with van der Waals surface area (Å²) in [5.74, 6) is -0.184. The molecule has 1 aromatic rings. The highest BCUT2D eigenvalue weighted by Crippen LogP contribution is 2.26. The second-order valence-electron chi connectivity index (χ2n) is 5.02. The summed E-state index contributed by atoms with van der Waals surface area (Å²) in [5, 5.41) is 2.95. The van der Waals surface area contributed by atoms with E-state index in [1.165, 1.54) is 18.2 Å². The van der Waals surface area contributed by atoms with E-state index in [2.05, 4.69) is 21.2 Å². The second kappa shape index (κ2) is 9.33. The lowest BCUT2D eigenvalue weighted by atomic mass is 9.92. The third kappa shape index (κ3) is 5.41. The SMILES string of the molecule is CCC(CC)(CN)NC(=O)C(C)Oc1ccc(F)cc1Br.Cl. The van der Waals surface area contributed by atoms with E-state index < -0.39 is 11.6 Å². The number of carbonyl (C=O) groups excluding carboxylic acids is 1. The summed E-state index contributed by atoms with van der Waals surface area (Å²) in [7, 11) is 0. The number of halogens is 3. The van der Waals surface area contributed by atoms with E-state index in [-0.39, 0.29) is 24.1 Å². The van der Waals surface area contributed by atoms with Gasteiger partial charge in [0.15, 0.2) is 6.10 Å². The van der Waals surface area contributed by atoms with Crippen molar-refractivity contribution >= 4 is 34.2 Å². The molecule has 0 saturated heterocycles. The van der Waals surface area contributed by atoms with E-state index in [0.717, 1.165) is 12.8 Å². The van der Waals surface area contributed by atoms with Crippen molar-refractivity contribution in [3.63, 3.8) is 0 Å². The molecule has 0 saturated carbocycles. The van der Waals surface area contributed by atoms with Gasteiger partial charge >= 0.3 is 0 Å². The molecule has 0 bridgehead atoms. The lowest BCUT2D eigenvalue weighted by Gasteiger charge is -2.32. The van der Waals surface area contributed by atoms with Crippen LogP contribution in [0.2, 0.25) is 0 Å². The molecule has 1 atom stereocenters. The lowest BCUT2D eigenvalue weighted by molar-refractivity contribution is -0.129. The number of rotatable bonds is 7. The molecule has 1 aromatic carbocycles. The average Bonchev–Trinajstić information content (AvgIpc) is 2.47. The van der Waals surface area contributed by atoms with E-state index in [1.807, 2.05) is 13.8 Å². The summed E-state index contributed by atoms with van der Waals surface area (Å²) >= 11 is 3.21. The fourth-order valence-electron chi connectivity index (χ4n) is 1.94. The predicted molar refractivity (Wildman–Crippen MR) is 91.9 cm³/mol. The van der Waals surface area contributed by atoms with Crippen molar-refractivity contribution < 1.29 is 13.9 Å². The summed E-state index contributed by atoms with van der Waals surface area (Å²) in [6.07, 6.45) is 0.799. The van der Waals surface area contributed by atoms with E-state index in [1.54, 1.807) is 6.92 Å². The molecule has 7 heteroatoms. The molecule has 1 amide bonds. The number of benzene rings is 1. The first-order valence-electron chi connectivity index (χ1n) is 7.01. The topological polar surface area (TPSA) is 64.3 Å². The molecule has 1 unspecified atom stereocenters. The Kier molecular flexibility index (Phi) is 8.96. The molecule has 1 rings (SSSR count). The van der Waals surface area contributed by atoms with E-state index >= 15 is 0 Å². The van der Waals surface area contributed by atoms with Crippen molar-refractivity contribution in [3.8, 4) is 5.75 Å². The summed E-state index contributed by atoms with van der Waals surface area (Å²) in [6, 6.07) is 4.06. The maximum atomic E-state index is 13.0. The molecule has 0 radical (unpaired) electrons. The van der Waals surface area contributed by atoms with Gasteiger partial charge in [-0.3, -0.25) is 4.79 Å². The van der Waals surface area contributed by atoms with Crippen LogP contribution in [0.1, 0.15) is 33.6 Å². The maximum Gasteiger partial charge on any atom is 0.261 e. The molecule has 0 spiro atoms. The van der Waals surface area contributed by atoms with Gasteiger partial charge in [0.05, 0.1) is 10.0 Å². The van der Waals surface area contributed by atoms with Crippen LogP contribution in [0.3, 0.4) is 0 Å². The Morgan fingerprint density at radius 2 is 2.05 bits per heavy atom. The number of hydrogen-bond acceptors (Lipinski definition) is 3. The summed E-state index contributed by atoms with van der Waals surface area (Å²) in [6.45, 7) is 5.99. The number of nitrogens with two attached hydrogens (primary N) is 1. The van der Waals surface area contributed by atoms with Gasteiger partial charge in [0, 0.05) is 6.54 Å². The molecule has 22 heavy (non-hydrogen) atoms. The molecule has 0 aliphatic rings. The molecule has 0 heterocycles. The summed E-state index contributed by atoms with van der Waals surface area (Å²) in [4.78, 5) is 12.2. The zero-order valence-electron chi connectivity index (χ0n) is 13.0. The molecule has 0 aromatic heterocycles. The number of amides is 1. The normalized spacial score (nSPS) is 12.3. The lowest BCUT2D eigenvalue weighted by Crippen LogP contribution is -2.55. The zero-order chi connectivity index (χ0) is 16.0. The van der Waals surface area contributed by atoms with Crippen LogP contribution >= 0.6 is 28.3 Å². The maximum absolute atomic E-state index is 13.0. The fourth-order valence-corrected chi connectivity index (χ4v) is 2.39. The van der Waals surface area contributed by atoms with Crippen molar-refractivity contribution in [2.24, 2.45) is 5.73 Å². The third-order valence-corrected chi connectivity index (χ3v) is 4.32.